The summed E-state index contributed by atoms with van der Waals surface area (Å²) >= 11 is 5.79. The van der Waals surface area contributed by atoms with Crippen LogP contribution in [0.4, 0.5) is 0 Å². The van der Waals surface area contributed by atoms with Gasteiger partial charge < -0.3 is 11.1 Å². The summed E-state index contributed by atoms with van der Waals surface area (Å²) in [5.41, 5.74) is 5.30. The fourth-order valence-electron chi connectivity index (χ4n) is 2.66. The summed E-state index contributed by atoms with van der Waals surface area (Å²) in [4.78, 5) is 12.2. The number of amides is 1. The van der Waals surface area contributed by atoms with E-state index in [2.05, 4.69) is 10.0 Å². The van der Waals surface area contributed by atoms with Crippen LogP contribution < -0.4 is 15.8 Å². The molecule has 0 unspecified atom stereocenters. The second-order valence-corrected chi connectivity index (χ2v) is 8.03. The van der Waals surface area contributed by atoms with Gasteiger partial charge >= 0.3 is 0 Å². The van der Waals surface area contributed by atoms with Crippen LogP contribution in [-0.2, 0) is 14.8 Å². The highest BCUT2D eigenvalue weighted by Gasteiger charge is 2.34. The molecule has 0 spiro atoms. The van der Waals surface area contributed by atoms with Gasteiger partial charge in [-0.2, -0.15) is 0 Å². The molecular formula is C15H23Cl2N3O3S. The Bertz CT molecular complexity index is 662. The van der Waals surface area contributed by atoms with E-state index in [1.165, 1.54) is 12.1 Å². The monoisotopic (exact) mass is 395 g/mol. The molecule has 136 valence electrons. The Labute approximate surface area is 154 Å². The summed E-state index contributed by atoms with van der Waals surface area (Å²) < 4.78 is 26.6. The molecule has 1 aromatic carbocycles. The van der Waals surface area contributed by atoms with Gasteiger partial charge in [0, 0.05) is 18.1 Å². The molecule has 6 nitrogen and oxygen atoms in total. The van der Waals surface area contributed by atoms with Crippen LogP contribution in [0.5, 0.6) is 0 Å². The van der Waals surface area contributed by atoms with Crippen LogP contribution in [0.15, 0.2) is 29.2 Å². The summed E-state index contributed by atoms with van der Waals surface area (Å²) in [5.74, 6) is -0.209. The van der Waals surface area contributed by atoms with E-state index in [0.717, 1.165) is 19.3 Å². The zero-order valence-electron chi connectivity index (χ0n) is 13.3. The maximum Gasteiger partial charge on any atom is 0.240 e. The second-order valence-electron chi connectivity index (χ2n) is 5.83. The average Bonchev–Trinajstić information content (AvgIpc) is 2.52. The van der Waals surface area contributed by atoms with Gasteiger partial charge in [0.1, 0.15) is 0 Å². The highest BCUT2D eigenvalue weighted by Crippen LogP contribution is 2.25. The van der Waals surface area contributed by atoms with E-state index < -0.39 is 15.6 Å². The molecule has 4 N–H and O–H groups in total. The van der Waals surface area contributed by atoms with Crippen molar-refractivity contribution in [1.29, 1.82) is 0 Å². The van der Waals surface area contributed by atoms with Crippen LogP contribution in [-0.4, -0.2) is 33.0 Å². The van der Waals surface area contributed by atoms with Crippen molar-refractivity contribution in [3.8, 4) is 0 Å². The zero-order chi connectivity index (χ0) is 16.9. The Balaban J connectivity index is 0.00000288. The highest BCUT2D eigenvalue weighted by atomic mass is 35.5. The Morgan fingerprint density at radius 2 is 1.88 bits per heavy atom. The molecule has 0 aromatic heterocycles. The van der Waals surface area contributed by atoms with E-state index in [0.29, 0.717) is 17.9 Å². The topological polar surface area (TPSA) is 101 Å². The molecule has 0 bridgehead atoms. The van der Waals surface area contributed by atoms with Crippen molar-refractivity contribution in [1.82, 2.24) is 10.0 Å². The molecule has 0 heterocycles. The Morgan fingerprint density at radius 3 is 2.50 bits per heavy atom. The normalized spacial score (nSPS) is 16.9. The van der Waals surface area contributed by atoms with Gasteiger partial charge in [-0.15, -0.1) is 12.4 Å². The van der Waals surface area contributed by atoms with Crippen molar-refractivity contribution in [2.75, 3.05) is 13.1 Å². The van der Waals surface area contributed by atoms with Gasteiger partial charge in [0.25, 0.3) is 0 Å². The quantitative estimate of drug-likeness (QED) is 0.639. The molecule has 0 aliphatic heterocycles. The SMILES string of the molecule is Cl.NC1(C(=O)NCCNS(=O)(=O)c2cccc(Cl)c2)CCCCC1. The maximum atomic E-state index is 12.1. The van der Waals surface area contributed by atoms with Crippen LogP contribution in [0.2, 0.25) is 5.02 Å². The summed E-state index contributed by atoms with van der Waals surface area (Å²) in [6.45, 7) is 0.286. The molecular weight excluding hydrogens is 373 g/mol. The molecule has 1 aliphatic rings. The third kappa shape index (κ3) is 5.60. The molecule has 1 aromatic rings. The lowest BCUT2D eigenvalue weighted by molar-refractivity contribution is -0.127. The summed E-state index contributed by atoms with van der Waals surface area (Å²) in [6, 6.07) is 6.01. The standard InChI is InChI=1S/C15H22ClN3O3S.ClH/c16-12-5-4-6-13(11-12)23(21,22)19-10-9-18-14(20)15(17)7-2-1-3-8-15;/h4-6,11,19H,1-3,7-10,17H2,(H,18,20);1H. The van der Waals surface area contributed by atoms with Gasteiger partial charge in [-0.05, 0) is 31.0 Å². The van der Waals surface area contributed by atoms with Gasteiger partial charge in [0.2, 0.25) is 15.9 Å². The lowest BCUT2D eigenvalue weighted by Crippen LogP contribution is -2.55. The fourth-order valence-corrected chi connectivity index (χ4v) is 4.00. The smallest absolute Gasteiger partial charge is 0.240 e. The zero-order valence-corrected chi connectivity index (χ0v) is 15.6. The third-order valence-electron chi connectivity index (χ3n) is 4.01. The van der Waals surface area contributed by atoms with Gasteiger partial charge in [-0.3, -0.25) is 4.79 Å². The second kappa shape index (κ2) is 9.01. The first-order valence-electron chi connectivity index (χ1n) is 7.66. The van der Waals surface area contributed by atoms with Crippen molar-refractivity contribution in [2.24, 2.45) is 5.73 Å². The van der Waals surface area contributed by atoms with E-state index in [1.807, 2.05) is 0 Å². The number of sulfonamides is 1. The lowest BCUT2D eigenvalue weighted by atomic mass is 9.82. The highest BCUT2D eigenvalue weighted by molar-refractivity contribution is 7.89. The van der Waals surface area contributed by atoms with Crippen LogP contribution in [0.3, 0.4) is 0 Å². The first kappa shape index (κ1) is 21.2. The predicted molar refractivity (Wildman–Crippen MR) is 96.9 cm³/mol. The number of nitrogens with two attached hydrogens (primary N) is 1. The van der Waals surface area contributed by atoms with Crippen LogP contribution in [0.25, 0.3) is 0 Å². The molecule has 1 fully saturated rings. The molecule has 24 heavy (non-hydrogen) atoms. The number of benzene rings is 1. The van der Waals surface area contributed by atoms with E-state index in [-0.39, 0.29) is 36.3 Å². The third-order valence-corrected chi connectivity index (χ3v) is 5.70. The minimum Gasteiger partial charge on any atom is -0.353 e. The first-order chi connectivity index (χ1) is 10.8. The maximum absolute atomic E-state index is 12.1. The first-order valence-corrected chi connectivity index (χ1v) is 9.52. The number of carbonyl (C=O) groups is 1. The van der Waals surface area contributed by atoms with E-state index >= 15 is 0 Å². The molecule has 9 heteroatoms. The molecule has 0 atom stereocenters. The fraction of sp³-hybridized carbons (Fsp3) is 0.533. The number of nitrogens with one attached hydrogen (secondary N) is 2. The molecule has 0 radical (unpaired) electrons. The number of rotatable bonds is 6. The summed E-state index contributed by atoms with van der Waals surface area (Å²) in [5, 5.41) is 3.06. The van der Waals surface area contributed by atoms with E-state index in [9.17, 15) is 13.2 Å². The lowest BCUT2D eigenvalue weighted by Gasteiger charge is -2.31. The Kier molecular flexibility index (Phi) is 7.95. The van der Waals surface area contributed by atoms with E-state index in [1.54, 1.807) is 12.1 Å². The number of carbonyl (C=O) groups excluding carboxylic acids is 1. The van der Waals surface area contributed by atoms with Crippen molar-refractivity contribution in [2.45, 2.75) is 42.5 Å². The largest absolute Gasteiger partial charge is 0.353 e. The predicted octanol–water partition coefficient (Wildman–Crippen LogP) is 1.82. The van der Waals surface area contributed by atoms with Crippen LogP contribution >= 0.6 is 24.0 Å². The minimum absolute atomic E-state index is 0. The number of hydrogen-bond acceptors (Lipinski definition) is 4. The molecule has 1 amide bonds. The Morgan fingerprint density at radius 1 is 1.21 bits per heavy atom. The van der Waals surface area contributed by atoms with Crippen LogP contribution in [0.1, 0.15) is 32.1 Å². The van der Waals surface area contributed by atoms with Gasteiger partial charge in [0.15, 0.2) is 0 Å². The van der Waals surface area contributed by atoms with Gasteiger partial charge in [-0.25, -0.2) is 13.1 Å². The number of halogens is 2. The van der Waals surface area contributed by atoms with Crippen molar-refractivity contribution in [3.05, 3.63) is 29.3 Å². The van der Waals surface area contributed by atoms with Crippen molar-refractivity contribution in [3.63, 3.8) is 0 Å². The van der Waals surface area contributed by atoms with Crippen molar-refractivity contribution < 1.29 is 13.2 Å². The minimum atomic E-state index is -3.64. The van der Waals surface area contributed by atoms with Gasteiger partial charge in [0.05, 0.1) is 10.4 Å². The molecule has 2 rings (SSSR count). The Hall–Kier alpha value is -0.860. The van der Waals surface area contributed by atoms with Crippen molar-refractivity contribution >= 4 is 39.9 Å². The van der Waals surface area contributed by atoms with E-state index in [4.69, 9.17) is 17.3 Å². The van der Waals surface area contributed by atoms with Crippen LogP contribution in [0, 0.1) is 0 Å². The average molecular weight is 396 g/mol. The number of hydrogen-bond donors (Lipinski definition) is 3. The molecule has 0 saturated heterocycles. The van der Waals surface area contributed by atoms with Gasteiger partial charge in [-0.1, -0.05) is 36.9 Å². The summed E-state index contributed by atoms with van der Waals surface area (Å²) in [7, 11) is -3.64. The molecule has 1 aliphatic carbocycles. The summed E-state index contributed by atoms with van der Waals surface area (Å²) in [6.07, 6.45) is 4.35. The molecule has 1 saturated carbocycles.